The molecule has 1 unspecified atom stereocenters. The molecule has 24 heavy (non-hydrogen) atoms. The van der Waals surface area contributed by atoms with Crippen LogP contribution < -0.4 is 5.32 Å². The van der Waals surface area contributed by atoms with Gasteiger partial charge in [0.25, 0.3) is 0 Å². The van der Waals surface area contributed by atoms with E-state index in [1.807, 2.05) is 12.1 Å². The highest BCUT2D eigenvalue weighted by molar-refractivity contribution is 5.37. The molecule has 1 aromatic heterocycles. The summed E-state index contributed by atoms with van der Waals surface area (Å²) in [6, 6.07) is 8.23. The maximum Gasteiger partial charge on any atom is 0.103 e. The van der Waals surface area contributed by atoms with Crippen molar-refractivity contribution < 1.29 is 5.11 Å². The molecule has 4 nitrogen and oxygen atoms in total. The minimum Gasteiger partial charge on any atom is -0.384 e. The van der Waals surface area contributed by atoms with Crippen LogP contribution in [0.15, 0.2) is 24.3 Å². The van der Waals surface area contributed by atoms with Crippen molar-refractivity contribution in [3.8, 4) is 0 Å². The summed E-state index contributed by atoms with van der Waals surface area (Å²) in [5.41, 5.74) is 5.08. The molecule has 0 amide bonds. The minimum absolute atomic E-state index is 0.0182. The SMILES string of the molecule is Cc1nn(C(C)(C)C)c(C)c1CNCC1(O)CCc2ccccc21. The first-order valence-corrected chi connectivity index (χ1v) is 8.79. The van der Waals surface area contributed by atoms with E-state index in [2.05, 4.69) is 56.8 Å². The van der Waals surface area contributed by atoms with Crippen molar-refractivity contribution in [2.75, 3.05) is 6.54 Å². The van der Waals surface area contributed by atoms with E-state index in [-0.39, 0.29) is 5.54 Å². The summed E-state index contributed by atoms with van der Waals surface area (Å²) in [6.45, 7) is 12.0. The quantitative estimate of drug-likeness (QED) is 0.907. The van der Waals surface area contributed by atoms with Crippen molar-refractivity contribution in [1.82, 2.24) is 15.1 Å². The van der Waals surface area contributed by atoms with Crippen LogP contribution in [0.5, 0.6) is 0 Å². The van der Waals surface area contributed by atoms with Gasteiger partial charge in [-0.2, -0.15) is 5.10 Å². The molecule has 1 aliphatic carbocycles. The molecule has 0 saturated carbocycles. The number of fused-ring (bicyclic) bond motifs is 1. The Balaban J connectivity index is 1.71. The Labute approximate surface area is 144 Å². The molecule has 2 N–H and O–H groups in total. The first kappa shape index (κ1) is 17.2. The molecule has 1 aromatic carbocycles. The van der Waals surface area contributed by atoms with Crippen LogP contribution in [-0.4, -0.2) is 21.4 Å². The average Bonchev–Trinajstić information content (AvgIpc) is 3.00. The summed E-state index contributed by atoms with van der Waals surface area (Å²) in [7, 11) is 0. The standard InChI is InChI=1S/C20H29N3O/c1-14-17(15(2)23(22-14)19(3,4)5)12-21-13-20(24)11-10-16-8-6-7-9-18(16)20/h6-9,21,24H,10-13H2,1-5H3. The smallest absolute Gasteiger partial charge is 0.103 e. The zero-order chi connectivity index (χ0) is 17.5. The number of rotatable bonds is 4. The van der Waals surface area contributed by atoms with E-state index in [4.69, 9.17) is 5.10 Å². The van der Waals surface area contributed by atoms with E-state index >= 15 is 0 Å². The molecule has 1 heterocycles. The molecule has 1 atom stereocenters. The highest BCUT2D eigenvalue weighted by Crippen LogP contribution is 2.36. The molecule has 3 rings (SSSR count). The van der Waals surface area contributed by atoms with E-state index in [1.165, 1.54) is 16.8 Å². The zero-order valence-electron chi connectivity index (χ0n) is 15.5. The Morgan fingerprint density at radius 2 is 1.96 bits per heavy atom. The van der Waals surface area contributed by atoms with Crippen LogP contribution in [0, 0.1) is 13.8 Å². The average molecular weight is 327 g/mol. The number of benzene rings is 1. The van der Waals surface area contributed by atoms with Crippen LogP contribution in [-0.2, 0) is 24.1 Å². The molecular formula is C20H29N3O. The second-order valence-electron chi connectivity index (χ2n) is 8.02. The summed E-state index contributed by atoms with van der Waals surface area (Å²) < 4.78 is 2.10. The molecule has 4 heteroatoms. The molecule has 1 aliphatic rings. The fourth-order valence-electron chi connectivity index (χ4n) is 3.83. The lowest BCUT2D eigenvalue weighted by molar-refractivity contribution is 0.0384. The predicted molar refractivity (Wildman–Crippen MR) is 97.1 cm³/mol. The summed E-state index contributed by atoms with van der Waals surface area (Å²) in [5.74, 6) is 0. The zero-order valence-corrected chi connectivity index (χ0v) is 15.5. The first-order valence-electron chi connectivity index (χ1n) is 8.79. The van der Waals surface area contributed by atoms with Crippen LogP contribution in [0.1, 0.15) is 55.3 Å². The number of aliphatic hydroxyl groups is 1. The lowest BCUT2D eigenvalue weighted by Gasteiger charge is -2.25. The van der Waals surface area contributed by atoms with Gasteiger partial charge in [-0.05, 0) is 58.6 Å². The third-order valence-electron chi connectivity index (χ3n) is 5.12. The van der Waals surface area contributed by atoms with E-state index in [0.29, 0.717) is 6.54 Å². The number of hydrogen-bond acceptors (Lipinski definition) is 3. The van der Waals surface area contributed by atoms with Crippen LogP contribution >= 0.6 is 0 Å². The number of nitrogens with zero attached hydrogens (tertiary/aromatic N) is 2. The van der Waals surface area contributed by atoms with E-state index in [1.54, 1.807) is 0 Å². The van der Waals surface area contributed by atoms with E-state index < -0.39 is 5.60 Å². The largest absolute Gasteiger partial charge is 0.384 e. The van der Waals surface area contributed by atoms with Gasteiger partial charge < -0.3 is 10.4 Å². The Morgan fingerprint density at radius 3 is 2.62 bits per heavy atom. The fourth-order valence-corrected chi connectivity index (χ4v) is 3.83. The Hall–Kier alpha value is -1.65. The van der Waals surface area contributed by atoms with Crippen LogP contribution in [0.3, 0.4) is 0 Å². The van der Waals surface area contributed by atoms with Crippen molar-refractivity contribution in [2.45, 2.75) is 65.1 Å². The number of aryl methyl sites for hydroxylation is 2. The first-order chi connectivity index (χ1) is 11.2. The molecular weight excluding hydrogens is 298 g/mol. The minimum atomic E-state index is -0.752. The summed E-state index contributed by atoms with van der Waals surface area (Å²) >= 11 is 0. The second-order valence-corrected chi connectivity index (χ2v) is 8.02. The highest BCUT2D eigenvalue weighted by atomic mass is 16.3. The van der Waals surface area contributed by atoms with Gasteiger partial charge in [-0.25, -0.2) is 0 Å². The number of aromatic nitrogens is 2. The Morgan fingerprint density at radius 1 is 1.25 bits per heavy atom. The van der Waals surface area contributed by atoms with Crippen molar-refractivity contribution >= 4 is 0 Å². The maximum absolute atomic E-state index is 11.0. The summed E-state index contributed by atoms with van der Waals surface area (Å²) in [4.78, 5) is 0. The second kappa shape index (κ2) is 6.01. The number of hydrogen-bond donors (Lipinski definition) is 2. The van der Waals surface area contributed by atoms with Crippen molar-refractivity contribution in [2.24, 2.45) is 0 Å². The molecule has 0 radical (unpaired) electrons. The summed E-state index contributed by atoms with van der Waals surface area (Å²) in [6.07, 6.45) is 1.74. The van der Waals surface area contributed by atoms with Gasteiger partial charge in [-0.15, -0.1) is 0 Å². The van der Waals surface area contributed by atoms with Crippen LogP contribution in [0.2, 0.25) is 0 Å². The molecule has 130 valence electrons. The predicted octanol–water partition coefficient (Wildman–Crippen LogP) is 3.18. The van der Waals surface area contributed by atoms with Gasteiger partial charge in [0.15, 0.2) is 0 Å². The molecule has 0 fully saturated rings. The Bertz CT molecular complexity index is 742. The molecule has 0 aliphatic heterocycles. The molecule has 0 spiro atoms. The van der Waals surface area contributed by atoms with Gasteiger partial charge in [0.2, 0.25) is 0 Å². The lowest BCUT2D eigenvalue weighted by Crippen LogP contribution is -2.36. The van der Waals surface area contributed by atoms with Gasteiger partial charge in [0, 0.05) is 24.3 Å². The van der Waals surface area contributed by atoms with Crippen LogP contribution in [0.25, 0.3) is 0 Å². The van der Waals surface area contributed by atoms with Crippen molar-refractivity contribution in [3.05, 3.63) is 52.3 Å². The van der Waals surface area contributed by atoms with Gasteiger partial charge in [0.1, 0.15) is 5.60 Å². The van der Waals surface area contributed by atoms with Crippen LogP contribution in [0.4, 0.5) is 0 Å². The third kappa shape index (κ3) is 3.01. The number of nitrogens with one attached hydrogen (secondary N) is 1. The van der Waals surface area contributed by atoms with Crippen molar-refractivity contribution in [3.63, 3.8) is 0 Å². The molecule has 0 bridgehead atoms. The van der Waals surface area contributed by atoms with E-state index in [9.17, 15) is 5.11 Å². The maximum atomic E-state index is 11.0. The Kier molecular flexibility index (Phi) is 4.30. The third-order valence-corrected chi connectivity index (χ3v) is 5.12. The fraction of sp³-hybridized carbons (Fsp3) is 0.550. The van der Waals surface area contributed by atoms with Gasteiger partial charge in [-0.3, -0.25) is 4.68 Å². The van der Waals surface area contributed by atoms with Gasteiger partial charge >= 0.3 is 0 Å². The highest BCUT2D eigenvalue weighted by Gasteiger charge is 2.36. The van der Waals surface area contributed by atoms with Gasteiger partial charge in [0.05, 0.1) is 11.2 Å². The topological polar surface area (TPSA) is 50.1 Å². The summed E-state index contributed by atoms with van der Waals surface area (Å²) in [5, 5.41) is 19.2. The normalized spacial score (nSPS) is 20.4. The van der Waals surface area contributed by atoms with Crippen molar-refractivity contribution in [1.29, 1.82) is 0 Å². The molecule has 2 aromatic rings. The van der Waals surface area contributed by atoms with Gasteiger partial charge in [-0.1, -0.05) is 24.3 Å². The molecule has 0 saturated heterocycles. The monoisotopic (exact) mass is 327 g/mol. The lowest BCUT2D eigenvalue weighted by atomic mass is 9.96. The van der Waals surface area contributed by atoms with E-state index in [0.717, 1.165) is 30.6 Å².